The largest absolute Gasteiger partial charge is 0.419 e. The number of benzene rings is 1. The molecule has 0 saturated carbocycles. The third-order valence-corrected chi connectivity index (χ3v) is 5.12. The topological polar surface area (TPSA) is 91.5 Å². The average Bonchev–Trinajstić information content (AvgIpc) is 3.28. The van der Waals surface area contributed by atoms with Crippen molar-refractivity contribution in [1.29, 1.82) is 0 Å². The Morgan fingerprint density at radius 1 is 1.38 bits per heavy atom. The van der Waals surface area contributed by atoms with Crippen molar-refractivity contribution < 1.29 is 9.15 Å². The number of anilines is 1. The Labute approximate surface area is 150 Å². The first-order valence-electron chi connectivity index (χ1n) is 8.67. The molecule has 0 amide bonds. The zero-order chi connectivity index (χ0) is 18.3. The summed E-state index contributed by atoms with van der Waals surface area (Å²) in [7, 11) is 3.48. The fourth-order valence-electron chi connectivity index (χ4n) is 3.69. The number of methoxy groups -OCH3 is 1. The molecule has 0 radical (unpaired) electrons. The van der Waals surface area contributed by atoms with Gasteiger partial charge in [0.05, 0.1) is 18.2 Å². The molecule has 8 heteroatoms. The molecular formula is C18H23N5O3. The van der Waals surface area contributed by atoms with Crippen molar-refractivity contribution in [2.24, 2.45) is 7.05 Å². The lowest BCUT2D eigenvalue weighted by molar-refractivity contribution is 0.107. The zero-order valence-electron chi connectivity index (χ0n) is 15.0. The van der Waals surface area contributed by atoms with Gasteiger partial charge in [-0.3, -0.25) is 14.1 Å². The number of nitrogens with zero attached hydrogens (tertiary/aromatic N) is 4. The Hall–Kier alpha value is -2.58. The molecule has 0 aliphatic carbocycles. The normalized spacial score (nSPS) is 21.0. The van der Waals surface area contributed by atoms with E-state index in [9.17, 15) is 4.79 Å². The minimum Gasteiger partial charge on any atom is -0.408 e. The molecule has 3 heterocycles. The van der Waals surface area contributed by atoms with Crippen LogP contribution < -0.4 is 11.5 Å². The van der Waals surface area contributed by atoms with Gasteiger partial charge in [0, 0.05) is 39.5 Å². The predicted octanol–water partition coefficient (Wildman–Crippen LogP) is 1.20. The number of rotatable bonds is 5. The van der Waals surface area contributed by atoms with Crippen LogP contribution in [0.15, 0.2) is 39.7 Å². The highest BCUT2D eigenvalue weighted by molar-refractivity contribution is 5.73. The molecule has 0 bridgehead atoms. The molecule has 1 aliphatic rings. The average molecular weight is 357 g/mol. The van der Waals surface area contributed by atoms with Gasteiger partial charge in [0.15, 0.2) is 5.58 Å². The number of nitrogens with two attached hydrogens (primary N) is 1. The lowest BCUT2D eigenvalue weighted by Gasteiger charge is -2.24. The fraction of sp³-hybridized carbons (Fsp3) is 0.444. The summed E-state index contributed by atoms with van der Waals surface area (Å²) in [6.07, 6.45) is 3.05. The van der Waals surface area contributed by atoms with E-state index in [-0.39, 0.29) is 11.9 Å². The van der Waals surface area contributed by atoms with Gasteiger partial charge in [0.1, 0.15) is 5.82 Å². The van der Waals surface area contributed by atoms with E-state index in [0.717, 1.165) is 37.1 Å². The van der Waals surface area contributed by atoms with Gasteiger partial charge >= 0.3 is 5.76 Å². The van der Waals surface area contributed by atoms with Crippen LogP contribution in [0.4, 0.5) is 5.82 Å². The minimum absolute atomic E-state index is 0.204. The van der Waals surface area contributed by atoms with Gasteiger partial charge in [0.25, 0.3) is 0 Å². The summed E-state index contributed by atoms with van der Waals surface area (Å²) in [6.45, 7) is 2.40. The van der Waals surface area contributed by atoms with Crippen LogP contribution in [-0.2, 0) is 24.9 Å². The van der Waals surface area contributed by atoms with Crippen LogP contribution in [0, 0.1) is 0 Å². The van der Waals surface area contributed by atoms with Crippen molar-refractivity contribution in [3.63, 3.8) is 0 Å². The SMILES string of the molecule is CO[C@@H]1C[C@@H](Cn2ccc(N)n2)N(Cc2ccc3oc(=O)n(C)c3c2)C1. The standard InChI is InChI=1S/C18H23N5O3/c1-21-15-7-12(3-4-16(15)26-18(21)24)9-22-11-14(25-2)8-13(22)10-23-6-5-17(19)20-23/h3-7,13-14H,8-11H2,1-2H3,(H2,19,20)/t13-,14+/m0/s1. The van der Waals surface area contributed by atoms with E-state index in [2.05, 4.69) is 10.00 Å². The predicted molar refractivity (Wildman–Crippen MR) is 97.7 cm³/mol. The van der Waals surface area contributed by atoms with Crippen LogP contribution in [0.5, 0.6) is 0 Å². The molecular weight excluding hydrogens is 334 g/mol. The smallest absolute Gasteiger partial charge is 0.408 e. The molecule has 138 valence electrons. The summed E-state index contributed by atoms with van der Waals surface area (Å²) in [5, 5.41) is 4.30. The van der Waals surface area contributed by atoms with Gasteiger partial charge < -0.3 is 14.9 Å². The number of fused-ring (bicyclic) bond motifs is 1. The second kappa shape index (κ2) is 6.62. The van der Waals surface area contributed by atoms with Gasteiger partial charge in [-0.25, -0.2) is 4.79 Å². The highest BCUT2D eigenvalue weighted by atomic mass is 16.5. The highest BCUT2D eigenvalue weighted by Gasteiger charge is 2.32. The Morgan fingerprint density at radius 2 is 2.23 bits per heavy atom. The maximum Gasteiger partial charge on any atom is 0.419 e. The maximum atomic E-state index is 11.7. The van der Waals surface area contributed by atoms with Crippen molar-refractivity contribution in [3.05, 3.63) is 46.6 Å². The van der Waals surface area contributed by atoms with Crippen LogP contribution in [-0.4, -0.2) is 45.0 Å². The second-order valence-electron chi connectivity index (χ2n) is 6.87. The van der Waals surface area contributed by atoms with Crippen LogP contribution in [0.3, 0.4) is 0 Å². The fourth-order valence-corrected chi connectivity index (χ4v) is 3.69. The summed E-state index contributed by atoms with van der Waals surface area (Å²) < 4.78 is 14.2. The van der Waals surface area contributed by atoms with Gasteiger partial charge in [-0.2, -0.15) is 5.10 Å². The van der Waals surface area contributed by atoms with Crippen molar-refractivity contribution in [3.8, 4) is 0 Å². The molecule has 1 saturated heterocycles. The van der Waals surface area contributed by atoms with Crippen molar-refractivity contribution in [2.45, 2.75) is 31.7 Å². The van der Waals surface area contributed by atoms with Gasteiger partial charge in [0.2, 0.25) is 0 Å². The first kappa shape index (κ1) is 16.9. The minimum atomic E-state index is -0.341. The monoisotopic (exact) mass is 357 g/mol. The summed E-state index contributed by atoms with van der Waals surface area (Å²) in [6, 6.07) is 8.00. The molecule has 2 aromatic heterocycles. The number of likely N-dealkylation sites (tertiary alicyclic amines) is 1. The van der Waals surface area contributed by atoms with Crippen LogP contribution in [0.2, 0.25) is 0 Å². The third kappa shape index (κ3) is 3.13. The van der Waals surface area contributed by atoms with Crippen LogP contribution in [0.25, 0.3) is 11.1 Å². The van der Waals surface area contributed by atoms with E-state index in [1.165, 1.54) is 4.57 Å². The zero-order valence-corrected chi connectivity index (χ0v) is 15.0. The number of hydrogen-bond donors (Lipinski definition) is 1. The lowest BCUT2D eigenvalue weighted by Crippen LogP contribution is -2.33. The van der Waals surface area contributed by atoms with Crippen molar-refractivity contribution >= 4 is 16.9 Å². The Balaban J connectivity index is 1.56. The Bertz CT molecular complexity index is 973. The lowest BCUT2D eigenvalue weighted by atomic mass is 10.1. The second-order valence-corrected chi connectivity index (χ2v) is 6.87. The number of oxazole rings is 1. The van der Waals surface area contributed by atoms with E-state index in [4.69, 9.17) is 14.9 Å². The summed E-state index contributed by atoms with van der Waals surface area (Å²) >= 11 is 0. The quantitative estimate of drug-likeness (QED) is 0.738. The molecule has 1 aromatic carbocycles. The number of nitrogen functional groups attached to an aromatic ring is 1. The summed E-state index contributed by atoms with van der Waals surface area (Å²) in [4.78, 5) is 14.1. The Morgan fingerprint density at radius 3 is 2.96 bits per heavy atom. The van der Waals surface area contributed by atoms with E-state index in [0.29, 0.717) is 17.4 Å². The van der Waals surface area contributed by atoms with Gasteiger partial charge in [-0.15, -0.1) is 0 Å². The van der Waals surface area contributed by atoms with Gasteiger partial charge in [-0.05, 0) is 30.2 Å². The highest BCUT2D eigenvalue weighted by Crippen LogP contribution is 2.25. The summed E-state index contributed by atoms with van der Waals surface area (Å²) in [5.74, 6) is 0.191. The third-order valence-electron chi connectivity index (χ3n) is 5.12. The van der Waals surface area contributed by atoms with Crippen LogP contribution in [0.1, 0.15) is 12.0 Å². The molecule has 4 rings (SSSR count). The molecule has 1 fully saturated rings. The maximum absolute atomic E-state index is 11.7. The number of aryl methyl sites for hydroxylation is 1. The number of hydrogen-bond acceptors (Lipinski definition) is 6. The van der Waals surface area contributed by atoms with Crippen LogP contribution >= 0.6 is 0 Å². The van der Waals surface area contributed by atoms with Crippen molar-refractivity contribution in [2.75, 3.05) is 19.4 Å². The molecule has 3 aromatic rings. The molecule has 1 aliphatic heterocycles. The van der Waals surface area contributed by atoms with E-state index < -0.39 is 0 Å². The summed E-state index contributed by atoms with van der Waals surface area (Å²) in [5.41, 5.74) is 8.28. The number of ether oxygens (including phenoxy) is 1. The van der Waals surface area contributed by atoms with Gasteiger partial charge in [-0.1, -0.05) is 6.07 Å². The molecule has 0 unspecified atom stereocenters. The molecule has 2 N–H and O–H groups in total. The van der Waals surface area contributed by atoms with Crippen molar-refractivity contribution in [1.82, 2.24) is 19.2 Å². The van der Waals surface area contributed by atoms with E-state index in [1.807, 2.05) is 29.1 Å². The first-order valence-corrected chi connectivity index (χ1v) is 8.67. The first-order chi connectivity index (χ1) is 12.5. The molecule has 2 atom stereocenters. The van der Waals surface area contributed by atoms with E-state index in [1.54, 1.807) is 20.2 Å². The molecule has 8 nitrogen and oxygen atoms in total. The Kier molecular flexibility index (Phi) is 4.29. The van der Waals surface area contributed by atoms with E-state index >= 15 is 0 Å². The number of aromatic nitrogens is 3. The molecule has 26 heavy (non-hydrogen) atoms. The molecule has 0 spiro atoms.